The molecule has 2 rings (SSSR count). The molecule has 1 fully saturated rings. The van der Waals surface area contributed by atoms with E-state index >= 15 is 0 Å². The summed E-state index contributed by atoms with van der Waals surface area (Å²) in [4.78, 5) is 2.65. The largest absolute Gasteiger partial charge is 0.496 e. The van der Waals surface area contributed by atoms with Gasteiger partial charge in [-0.3, -0.25) is 4.90 Å². The SMILES string of the molecule is CNC(CN(CC(C)C)C1CC1)c1cc(C)ccc1OC. The molecular formula is C18H30N2O. The van der Waals surface area contributed by atoms with Gasteiger partial charge in [0.1, 0.15) is 5.75 Å². The molecule has 3 heteroatoms. The lowest BCUT2D eigenvalue weighted by Gasteiger charge is -2.30. The number of nitrogens with one attached hydrogen (secondary N) is 1. The number of hydrogen-bond donors (Lipinski definition) is 1. The van der Waals surface area contributed by atoms with E-state index in [0.29, 0.717) is 12.0 Å². The molecule has 0 radical (unpaired) electrons. The fourth-order valence-electron chi connectivity index (χ4n) is 2.99. The highest BCUT2D eigenvalue weighted by atomic mass is 16.5. The molecule has 1 unspecified atom stereocenters. The Balaban J connectivity index is 2.16. The van der Waals surface area contributed by atoms with Crippen LogP contribution in [-0.2, 0) is 0 Å². The van der Waals surface area contributed by atoms with Gasteiger partial charge < -0.3 is 10.1 Å². The minimum absolute atomic E-state index is 0.319. The van der Waals surface area contributed by atoms with Crippen molar-refractivity contribution in [2.45, 2.75) is 45.7 Å². The van der Waals surface area contributed by atoms with E-state index in [1.54, 1.807) is 7.11 Å². The third-order valence-electron chi connectivity index (χ3n) is 4.19. The van der Waals surface area contributed by atoms with Crippen molar-refractivity contribution in [1.29, 1.82) is 0 Å². The minimum atomic E-state index is 0.319. The van der Waals surface area contributed by atoms with Crippen molar-refractivity contribution in [2.75, 3.05) is 27.2 Å². The molecule has 0 saturated heterocycles. The number of hydrogen-bond acceptors (Lipinski definition) is 3. The van der Waals surface area contributed by atoms with E-state index in [-0.39, 0.29) is 0 Å². The monoisotopic (exact) mass is 290 g/mol. The summed E-state index contributed by atoms with van der Waals surface area (Å²) in [5.41, 5.74) is 2.56. The zero-order valence-electron chi connectivity index (χ0n) is 14.1. The molecule has 0 heterocycles. The lowest BCUT2D eigenvalue weighted by molar-refractivity contribution is 0.211. The molecule has 0 aromatic heterocycles. The van der Waals surface area contributed by atoms with Gasteiger partial charge in [-0.2, -0.15) is 0 Å². The minimum Gasteiger partial charge on any atom is -0.496 e. The molecule has 21 heavy (non-hydrogen) atoms. The zero-order chi connectivity index (χ0) is 15.4. The van der Waals surface area contributed by atoms with Gasteiger partial charge >= 0.3 is 0 Å². The van der Waals surface area contributed by atoms with Crippen LogP contribution >= 0.6 is 0 Å². The van der Waals surface area contributed by atoms with Crippen LogP contribution in [0.15, 0.2) is 18.2 Å². The average molecular weight is 290 g/mol. The Morgan fingerprint density at radius 3 is 2.52 bits per heavy atom. The first-order valence-electron chi connectivity index (χ1n) is 8.11. The number of nitrogens with zero attached hydrogens (tertiary/aromatic N) is 1. The van der Waals surface area contributed by atoms with Crippen molar-refractivity contribution in [3.63, 3.8) is 0 Å². The molecule has 1 N–H and O–H groups in total. The molecule has 1 saturated carbocycles. The number of ether oxygens (including phenoxy) is 1. The van der Waals surface area contributed by atoms with E-state index in [1.807, 2.05) is 7.05 Å². The number of aryl methyl sites for hydroxylation is 1. The molecule has 0 aliphatic heterocycles. The van der Waals surface area contributed by atoms with E-state index in [1.165, 1.54) is 30.5 Å². The van der Waals surface area contributed by atoms with Crippen LogP contribution in [0.3, 0.4) is 0 Å². The van der Waals surface area contributed by atoms with Crippen LogP contribution in [0, 0.1) is 12.8 Å². The van der Waals surface area contributed by atoms with Crippen molar-refractivity contribution in [3.8, 4) is 5.75 Å². The van der Waals surface area contributed by atoms with Crippen molar-refractivity contribution in [3.05, 3.63) is 29.3 Å². The number of methoxy groups -OCH3 is 1. The molecular weight excluding hydrogens is 260 g/mol. The maximum atomic E-state index is 5.56. The fraction of sp³-hybridized carbons (Fsp3) is 0.667. The summed E-state index contributed by atoms with van der Waals surface area (Å²) in [7, 11) is 3.81. The highest BCUT2D eigenvalue weighted by molar-refractivity contribution is 5.39. The summed E-state index contributed by atoms with van der Waals surface area (Å²) < 4.78 is 5.56. The highest BCUT2D eigenvalue weighted by Gasteiger charge is 2.31. The van der Waals surface area contributed by atoms with Crippen LogP contribution in [0.25, 0.3) is 0 Å². The lowest BCUT2D eigenvalue weighted by atomic mass is 10.0. The number of likely N-dealkylation sites (N-methyl/N-ethyl adjacent to an activating group) is 1. The normalized spacial score (nSPS) is 16.5. The second-order valence-electron chi connectivity index (χ2n) is 6.67. The molecule has 1 aliphatic rings. The van der Waals surface area contributed by atoms with E-state index < -0.39 is 0 Å². The molecule has 1 aromatic carbocycles. The van der Waals surface area contributed by atoms with Gasteiger partial charge in [-0.25, -0.2) is 0 Å². The van der Waals surface area contributed by atoms with Gasteiger partial charge in [0.2, 0.25) is 0 Å². The van der Waals surface area contributed by atoms with E-state index in [9.17, 15) is 0 Å². The first-order chi connectivity index (χ1) is 10.0. The standard InChI is InChI=1S/C18H30N2O/c1-13(2)11-20(15-7-8-15)12-17(19-4)16-10-14(3)6-9-18(16)21-5/h6,9-10,13,15,17,19H,7-8,11-12H2,1-5H3. The third-order valence-corrected chi connectivity index (χ3v) is 4.19. The van der Waals surface area contributed by atoms with Crippen LogP contribution in [0.5, 0.6) is 5.75 Å². The predicted molar refractivity (Wildman–Crippen MR) is 89.0 cm³/mol. The second-order valence-corrected chi connectivity index (χ2v) is 6.67. The smallest absolute Gasteiger partial charge is 0.123 e. The lowest BCUT2D eigenvalue weighted by Crippen LogP contribution is -2.37. The van der Waals surface area contributed by atoms with Crippen molar-refractivity contribution in [1.82, 2.24) is 10.2 Å². The molecule has 118 valence electrons. The van der Waals surface area contributed by atoms with Gasteiger partial charge in [0.05, 0.1) is 7.11 Å². The Kier molecular flexibility index (Phi) is 5.65. The Bertz CT molecular complexity index is 455. The van der Waals surface area contributed by atoms with Crippen molar-refractivity contribution < 1.29 is 4.74 Å². The first-order valence-corrected chi connectivity index (χ1v) is 8.11. The van der Waals surface area contributed by atoms with Gasteiger partial charge in [0, 0.05) is 30.7 Å². The number of rotatable bonds is 8. The summed E-state index contributed by atoms with van der Waals surface area (Å²) in [6.45, 7) is 8.98. The molecule has 1 atom stereocenters. The average Bonchev–Trinajstić information content (AvgIpc) is 3.27. The van der Waals surface area contributed by atoms with Crippen LogP contribution in [-0.4, -0.2) is 38.2 Å². The Hall–Kier alpha value is -1.06. The summed E-state index contributed by atoms with van der Waals surface area (Å²) >= 11 is 0. The van der Waals surface area contributed by atoms with Gasteiger partial charge in [-0.1, -0.05) is 31.5 Å². The van der Waals surface area contributed by atoms with E-state index in [0.717, 1.165) is 18.3 Å². The molecule has 0 bridgehead atoms. The fourth-order valence-corrected chi connectivity index (χ4v) is 2.99. The zero-order valence-corrected chi connectivity index (χ0v) is 14.1. The molecule has 0 spiro atoms. The van der Waals surface area contributed by atoms with Crippen LogP contribution in [0.4, 0.5) is 0 Å². The van der Waals surface area contributed by atoms with Gasteiger partial charge in [-0.15, -0.1) is 0 Å². The predicted octanol–water partition coefficient (Wildman–Crippen LogP) is 3.38. The second kappa shape index (κ2) is 7.28. The topological polar surface area (TPSA) is 24.5 Å². The Morgan fingerprint density at radius 1 is 1.29 bits per heavy atom. The quantitative estimate of drug-likeness (QED) is 0.794. The summed E-state index contributed by atoms with van der Waals surface area (Å²) in [5, 5.41) is 3.48. The van der Waals surface area contributed by atoms with Crippen molar-refractivity contribution in [2.24, 2.45) is 5.92 Å². The molecule has 3 nitrogen and oxygen atoms in total. The van der Waals surface area contributed by atoms with Crippen molar-refractivity contribution >= 4 is 0 Å². The summed E-state index contributed by atoms with van der Waals surface area (Å²) in [6, 6.07) is 7.56. The maximum Gasteiger partial charge on any atom is 0.123 e. The van der Waals surface area contributed by atoms with Crippen LogP contribution < -0.4 is 10.1 Å². The molecule has 1 aromatic rings. The molecule has 0 amide bonds. The molecule has 1 aliphatic carbocycles. The van der Waals surface area contributed by atoms with E-state index in [2.05, 4.69) is 49.2 Å². The van der Waals surface area contributed by atoms with E-state index in [4.69, 9.17) is 4.74 Å². The van der Waals surface area contributed by atoms with Gasteiger partial charge in [0.15, 0.2) is 0 Å². The third kappa shape index (κ3) is 4.45. The van der Waals surface area contributed by atoms with Gasteiger partial charge in [0.25, 0.3) is 0 Å². The highest BCUT2D eigenvalue weighted by Crippen LogP contribution is 2.32. The van der Waals surface area contributed by atoms with Gasteiger partial charge in [-0.05, 0) is 38.8 Å². The van der Waals surface area contributed by atoms with Crippen LogP contribution in [0.1, 0.15) is 43.9 Å². The Labute approximate surface area is 129 Å². The Morgan fingerprint density at radius 2 is 2.00 bits per heavy atom. The number of benzene rings is 1. The summed E-state index contributed by atoms with van der Waals surface area (Å²) in [5.74, 6) is 1.70. The summed E-state index contributed by atoms with van der Waals surface area (Å²) in [6.07, 6.45) is 2.71. The first kappa shape index (κ1) is 16.3. The maximum absolute atomic E-state index is 5.56. The van der Waals surface area contributed by atoms with Crippen LogP contribution in [0.2, 0.25) is 0 Å².